The molecule has 6 nitrogen and oxygen atoms in total. The number of para-hydroxylation sites is 1. The number of amides is 1. The fourth-order valence-electron chi connectivity index (χ4n) is 3.74. The van der Waals surface area contributed by atoms with Crippen LogP contribution < -0.4 is 10.2 Å². The maximum atomic E-state index is 12.4. The van der Waals surface area contributed by atoms with Crippen LogP contribution in [-0.4, -0.2) is 55.1 Å². The van der Waals surface area contributed by atoms with Crippen molar-refractivity contribution in [3.05, 3.63) is 77.5 Å². The Balaban J connectivity index is 1.42. The Bertz CT molecular complexity index is 1040. The van der Waals surface area contributed by atoms with E-state index in [1.54, 1.807) is 11.0 Å². The normalized spacial score (nSPS) is 14.7. The molecular formula is C25H28ClN4O2+. The zero-order chi connectivity index (χ0) is 22.2. The summed E-state index contributed by atoms with van der Waals surface area (Å²) in [7, 11) is 0. The molecule has 2 N–H and O–H groups in total. The van der Waals surface area contributed by atoms with Crippen LogP contribution >= 0.6 is 11.6 Å². The molecule has 1 aliphatic heterocycles. The Morgan fingerprint density at radius 2 is 1.88 bits per heavy atom. The molecule has 0 saturated carbocycles. The molecule has 0 bridgehead atoms. The van der Waals surface area contributed by atoms with E-state index in [0.717, 1.165) is 61.8 Å². The minimum Gasteiger partial charge on any atom is -0.370 e. The third-order valence-corrected chi connectivity index (χ3v) is 5.75. The molecule has 0 atom stereocenters. The van der Waals surface area contributed by atoms with E-state index in [1.165, 1.54) is 0 Å². The van der Waals surface area contributed by atoms with Crippen LogP contribution in [0.25, 0.3) is 23.0 Å². The lowest BCUT2D eigenvalue weighted by Crippen LogP contribution is -3.14. The van der Waals surface area contributed by atoms with Crippen molar-refractivity contribution in [2.24, 2.45) is 0 Å². The minimum absolute atomic E-state index is 0.100. The number of halogens is 1. The molecule has 1 saturated heterocycles. The molecule has 2 aromatic carbocycles. The molecule has 1 fully saturated rings. The average Bonchev–Trinajstić information content (AvgIpc) is 3.26. The molecule has 1 aliphatic rings. The number of nitrogens with zero attached hydrogens (tertiary/aromatic N) is 2. The van der Waals surface area contributed by atoms with Crippen LogP contribution in [0.5, 0.6) is 0 Å². The van der Waals surface area contributed by atoms with Crippen LogP contribution in [0.1, 0.15) is 12.0 Å². The van der Waals surface area contributed by atoms with E-state index in [4.69, 9.17) is 21.4 Å². The molecule has 0 radical (unpaired) electrons. The largest absolute Gasteiger partial charge is 0.370 e. The standard InChI is InChI=1S/C25H27ClN4O2/c26-22-10-7-20(8-11-22)25-21(19-30(28-25)23-5-2-1-3-6-23)9-12-24(31)27-13-4-14-29-15-17-32-18-16-29/h1-3,5-12,19H,4,13-18H2,(H,27,31)/p+1/b12-9+. The molecular weight excluding hydrogens is 424 g/mol. The van der Waals surface area contributed by atoms with Gasteiger partial charge >= 0.3 is 0 Å². The second-order valence-electron chi connectivity index (χ2n) is 7.81. The maximum Gasteiger partial charge on any atom is 0.244 e. The molecule has 166 valence electrons. The van der Waals surface area contributed by atoms with Crippen molar-refractivity contribution in [2.75, 3.05) is 39.4 Å². The molecule has 2 heterocycles. The molecule has 0 spiro atoms. The monoisotopic (exact) mass is 451 g/mol. The number of rotatable bonds is 8. The van der Waals surface area contributed by atoms with E-state index in [9.17, 15) is 4.79 Å². The van der Waals surface area contributed by atoms with Crippen LogP contribution in [0.2, 0.25) is 5.02 Å². The van der Waals surface area contributed by atoms with Crippen molar-refractivity contribution < 1.29 is 14.4 Å². The summed E-state index contributed by atoms with van der Waals surface area (Å²) < 4.78 is 7.21. The minimum atomic E-state index is -0.100. The summed E-state index contributed by atoms with van der Waals surface area (Å²) in [6.07, 6.45) is 6.29. The number of quaternary nitrogens is 1. The first-order chi connectivity index (χ1) is 15.7. The molecule has 0 unspecified atom stereocenters. The van der Waals surface area contributed by atoms with E-state index in [1.807, 2.05) is 71.6 Å². The van der Waals surface area contributed by atoms with Gasteiger partial charge in [0, 0.05) is 41.4 Å². The number of aromatic nitrogens is 2. The number of carbonyl (C=O) groups excluding carboxylic acids is 1. The summed E-state index contributed by atoms with van der Waals surface area (Å²) in [5, 5.41) is 8.42. The number of ether oxygens (including phenoxy) is 1. The van der Waals surface area contributed by atoms with Gasteiger partial charge in [-0.15, -0.1) is 0 Å². The summed E-state index contributed by atoms with van der Waals surface area (Å²) in [6, 6.07) is 17.5. The fraction of sp³-hybridized carbons (Fsp3) is 0.280. The Kier molecular flexibility index (Phi) is 7.72. The van der Waals surface area contributed by atoms with E-state index in [0.29, 0.717) is 11.6 Å². The van der Waals surface area contributed by atoms with Crippen molar-refractivity contribution in [1.29, 1.82) is 0 Å². The van der Waals surface area contributed by atoms with Crippen LogP contribution in [0.15, 0.2) is 66.9 Å². The Labute approximate surface area is 193 Å². The van der Waals surface area contributed by atoms with Crippen molar-refractivity contribution in [1.82, 2.24) is 15.1 Å². The van der Waals surface area contributed by atoms with Crippen LogP contribution in [0.4, 0.5) is 0 Å². The van der Waals surface area contributed by atoms with E-state index >= 15 is 0 Å². The van der Waals surface area contributed by atoms with Gasteiger partial charge in [0.15, 0.2) is 0 Å². The summed E-state index contributed by atoms with van der Waals surface area (Å²) in [5.41, 5.74) is 3.56. The second-order valence-corrected chi connectivity index (χ2v) is 8.25. The van der Waals surface area contributed by atoms with E-state index < -0.39 is 0 Å². The number of carbonyl (C=O) groups is 1. The zero-order valence-electron chi connectivity index (χ0n) is 18.0. The Morgan fingerprint density at radius 3 is 2.62 bits per heavy atom. The predicted octanol–water partition coefficient (Wildman–Crippen LogP) is 2.63. The maximum absolute atomic E-state index is 12.4. The predicted molar refractivity (Wildman–Crippen MR) is 127 cm³/mol. The summed E-state index contributed by atoms with van der Waals surface area (Å²) in [6.45, 7) is 5.48. The molecule has 0 aliphatic carbocycles. The number of benzene rings is 2. The van der Waals surface area contributed by atoms with Gasteiger partial charge in [0.2, 0.25) is 5.91 Å². The molecule has 4 rings (SSSR count). The van der Waals surface area contributed by atoms with Gasteiger partial charge in [-0.2, -0.15) is 5.10 Å². The average molecular weight is 452 g/mol. The first-order valence-corrected chi connectivity index (χ1v) is 11.3. The number of hydrogen-bond donors (Lipinski definition) is 2. The smallest absolute Gasteiger partial charge is 0.244 e. The lowest BCUT2D eigenvalue weighted by molar-refractivity contribution is -0.908. The number of hydrogen-bond acceptors (Lipinski definition) is 3. The van der Waals surface area contributed by atoms with Crippen molar-refractivity contribution in [3.8, 4) is 16.9 Å². The zero-order valence-corrected chi connectivity index (χ0v) is 18.7. The van der Waals surface area contributed by atoms with Gasteiger partial charge in [-0.1, -0.05) is 41.9 Å². The highest BCUT2D eigenvalue weighted by molar-refractivity contribution is 6.30. The Morgan fingerprint density at radius 1 is 1.12 bits per heavy atom. The summed E-state index contributed by atoms with van der Waals surface area (Å²) >= 11 is 6.05. The van der Waals surface area contributed by atoms with Gasteiger partial charge in [0.25, 0.3) is 0 Å². The lowest BCUT2D eigenvalue weighted by atomic mass is 10.1. The highest BCUT2D eigenvalue weighted by Gasteiger charge is 2.13. The molecule has 32 heavy (non-hydrogen) atoms. The fourth-order valence-corrected chi connectivity index (χ4v) is 3.86. The second kappa shape index (κ2) is 11.1. The van der Waals surface area contributed by atoms with Crippen molar-refractivity contribution in [3.63, 3.8) is 0 Å². The van der Waals surface area contributed by atoms with Crippen LogP contribution in [0.3, 0.4) is 0 Å². The number of morpholine rings is 1. The molecule has 1 aromatic heterocycles. The van der Waals surface area contributed by atoms with Gasteiger partial charge < -0.3 is 15.0 Å². The van der Waals surface area contributed by atoms with Crippen molar-refractivity contribution in [2.45, 2.75) is 6.42 Å². The van der Waals surface area contributed by atoms with Gasteiger partial charge in [-0.25, -0.2) is 4.68 Å². The first-order valence-electron chi connectivity index (χ1n) is 11.0. The van der Waals surface area contributed by atoms with E-state index in [-0.39, 0.29) is 5.91 Å². The third kappa shape index (κ3) is 6.07. The van der Waals surface area contributed by atoms with Crippen LogP contribution in [-0.2, 0) is 9.53 Å². The highest BCUT2D eigenvalue weighted by atomic mass is 35.5. The van der Waals surface area contributed by atoms with Crippen molar-refractivity contribution >= 4 is 23.6 Å². The summed E-state index contributed by atoms with van der Waals surface area (Å²) in [4.78, 5) is 13.9. The van der Waals surface area contributed by atoms with Gasteiger partial charge in [-0.05, 0) is 30.3 Å². The highest BCUT2D eigenvalue weighted by Crippen LogP contribution is 2.26. The number of nitrogens with one attached hydrogen (secondary N) is 2. The van der Waals surface area contributed by atoms with Crippen LogP contribution in [0, 0.1) is 0 Å². The molecule has 7 heteroatoms. The lowest BCUT2D eigenvalue weighted by Gasteiger charge is -2.23. The first kappa shape index (κ1) is 22.3. The quantitative estimate of drug-likeness (QED) is 0.409. The van der Waals surface area contributed by atoms with Gasteiger partial charge in [-0.3, -0.25) is 4.79 Å². The Hall–Kier alpha value is -2.93. The molecule has 1 amide bonds. The SMILES string of the molecule is O=C(/C=C/c1cn(-c2ccccc2)nc1-c1ccc(Cl)cc1)NCCC[NH+]1CCOCC1. The third-order valence-electron chi connectivity index (χ3n) is 5.50. The van der Waals surface area contributed by atoms with Gasteiger partial charge in [0.1, 0.15) is 13.1 Å². The van der Waals surface area contributed by atoms with E-state index in [2.05, 4.69) is 5.32 Å². The topological polar surface area (TPSA) is 60.6 Å². The molecule has 3 aromatic rings. The van der Waals surface area contributed by atoms with Gasteiger partial charge in [0.05, 0.1) is 31.1 Å². The summed E-state index contributed by atoms with van der Waals surface area (Å²) in [5.74, 6) is -0.100.